The first kappa shape index (κ1) is 14.1. The van der Waals surface area contributed by atoms with Crippen LogP contribution in [0.4, 0.5) is 0 Å². The molecule has 1 aliphatic carbocycles. The van der Waals surface area contributed by atoms with Crippen LogP contribution in [0.2, 0.25) is 0 Å². The maximum absolute atomic E-state index is 3.57. The number of benzene rings is 1. The van der Waals surface area contributed by atoms with Crippen molar-refractivity contribution in [3.8, 4) is 0 Å². The van der Waals surface area contributed by atoms with Crippen molar-refractivity contribution in [2.75, 3.05) is 26.2 Å². The van der Waals surface area contributed by atoms with E-state index >= 15 is 0 Å². The Morgan fingerprint density at radius 1 is 1.25 bits per heavy atom. The molecular formula is C18H28N2. The van der Waals surface area contributed by atoms with Crippen molar-refractivity contribution in [2.45, 2.75) is 45.1 Å². The van der Waals surface area contributed by atoms with E-state index in [2.05, 4.69) is 41.4 Å². The fourth-order valence-corrected chi connectivity index (χ4v) is 3.99. The van der Waals surface area contributed by atoms with E-state index in [1.807, 2.05) is 0 Å². The molecule has 1 aromatic carbocycles. The molecule has 0 bridgehead atoms. The van der Waals surface area contributed by atoms with Gasteiger partial charge in [0, 0.05) is 12.6 Å². The van der Waals surface area contributed by atoms with E-state index in [1.165, 1.54) is 58.3 Å². The van der Waals surface area contributed by atoms with Gasteiger partial charge in [-0.3, -0.25) is 4.90 Å². The van der Waals surface area contributed by atoms with Crippen molar-refractivity contribution in [3.05, 3.63) is 35.4 Å². The van der Waals surface area contributed by atoms with Gasteiger partial charge in [-0.15, -0.1) is 0 Å². The first-order valence-electron chi connectivity index (χ1n) is 8.41. The number of nitrogens with one attached hydrogen (secondary N) is 1. The van der Waals surface area contributed by atoms with Gasteiger partial charge in [-0.2, -0.15) is 0 Å². The lowest BCUT2D eigenvalue weighted by Crippen LogP contribution is -2.39. The van der Waals surface area contributed by atoms with Crippen LogP contribution in [0.1, 0.15) is 49.8 Å². The molecule has 2 atom stereocenters. The van der Waals surface area contributed by atoms with Crippen LogP contribution in [-0.4, -0.2) is 31.1 Å². The fourth-order valence-electron chi connectivity index (χ4n) is 3.99. The lowest BCUT2D eigenvalue weighted by molar-refractivity contribution is 0.153. The summed E-state index contributed by atoms with van der Waals surface area (Å²) in [5.74, 6) is 0.850. The first-order chi connectivity index (χ1) is 9.88. The smallest absolute Gasteiger partial charge is 0.0354 e. The van der Waals surface area contributed by atoms with Gasteiger partial charge in [0.25, 0.3) is 0 Å². The summed E-state index contributed by atoms with van der Waals surface area (Å²) in [6.45, 7) is 7.27. The van der Waals surface area contributed by atoms with E-state index in [9.17, 15) is 0 Å². The largest absolute Gasteiger partial charge is 0.316 e. The SMILES string of the molecule is CCCN(CC1CCCNC1)C1CCc2ccccc21. The Kier molecular flexibility index (Phi) is 4.74. The second-order valence-electron chi connectivity index (χ2n) is 6.46. The van der Waals surface area contributed by atoms with Gasteiger partial charge in [0.2, 0.25) is 0 Å². The van der Waals surface area contributed by atoms with E-state index in [0.29, 0.717) is 6.04 Å². The molecule has 2 unspecified atom stereocenters. The number of nitrogens with zero attached hydrogens (tertiary/aromatic N) is 1. The number of hydrogen-bond donors (Lipinski definition) is 1. The van der Waals surface area contributed by atoms with E-state index in [1.54, 1.807) is 11.1 Å². The second-order valence-corrected chi connectivity index (χ2v) is 6.46. The van der Waals surface area contributed by atoms with Gasteiger partial charge in [0.05, 0.1) is 0 Å². The highest BCUT2D eigenvalue weighted by molar-refractivity contribution is 5.34. The van der Waals surface area contributed by atoms with Crippen molar-refractivity contribution < 1.29 is 0 Å². The monoisotopic (exact) mass is 272 g/mol. The normalized spacial score (nSPS) is 25.9. The third kappa shape index (κ3) is 3.07. The van der Waals surface area contributed by atoms with Gasteiger partial charge < -0.3 is 5.32 Å². The molecule has 0 amide bonds. The maximum atomic E-state index is 3.57. The second kappa shape index (κ2) is 6.73. The van der Waals surface area contributed by atoms with Gasteiger partial charge in [0.15, 0.2) is 0 Å². The van der Waals surface area contributed by atoms with Crippen molar-refractivity contribution in [2.24, 2.45) is 5.92 Å². The van der Waals surface area contributed by atoms with E-state index in [-0.39, 0.29) is 0 Å². The van der Waals surface area contributed by atoms with Crippen molar-refractivity contribution >= 4 is 0 Å². The van der Waals surface area contributed by atoms with E-state index in [4.69, 9.17) is 0 Å². The standard InChI is InChI=1S/C18H28N2/c1-2-12-20(14-15-6-5-11-19-13-15)18-10-9-16-7-3-4-8-17(16)18/h3-4,7-8,15,18-19H,2,5-6,9-14H2,1H3. The van der Waals surface area contributed by atoms with E-state index in [0.717, 1.165) is 5.92 Å². The Morgan fingerprint density at radius 2 is 2.15 bits per heavy atom. The minimum Gasteiger partial charge on any atom is -0.316 e. The highest BCUT2D eigenvalue weighted by atomic mass is 15.2. The Morgan fingerprint density at radius 3 is 2.95 bits per heavy atom. The predicted molar refractivity (Wildman–Crippen MR) is 85.0 cm³/mol. The molecule has 1 fully saturated rings. The lowest BCUT2D eigenvalue weighted by atomic mass is 9.97. The third-order valence-corrected chi connectivity index (χ3v) is 4.94. The summed E-state index contributed by atoms with van der Waals surface area (Å²) < 4.78 is 0. The maximum Gasteiger partial charge on any atom is 0.0354 e. The Labute approximate surface area is 123 Å². The van der Waals surface area contributed by atoms with Crippen LogP contribution in [0, 0.1) is 5.92 Å². The molecule has 2 heteroatoms. The van der Waals surface area contributed by atoms with Gasteiger partial charge in [-0.05, 0) is 68.8 Å². The molecule has 2 aliphatic rings. The molecule has 1 N–H and O–H groups in total. The van der Waals surface area contributed by atoms with Crippen molar-refractivity contribution in [3.63, 3.8) is 0 Å². The van der Waals surface area contributed by atoms with Gasteiger partial charge >= 0.3 is 0 Å². The molecular weight excluding hydrogens is 244 g/mol. The summed E-state index contributed by atoms with van der Waals surface area (Å²) in [7, 11) is 0. The summed E-state index contributed by atoms with van der Waals surface area (Å²) >= 11 is 0. The molecule has 1 heterocycles. The minimum atomic E-state index is 0.674. The summed E-state index contributed by atoms with van der Waals surface area (Å²) in [6, 6.07) is 9.75. The molecule has 0 aromatic heterocycles. The van der Waals surface area contributed by atoms with Crippen LogP contribution in [0.25, 0.3) is 0 Å². The van der Waals surface area contributed by atoms with Crippen molar-refractivity contribution in [1.82, 2.24) is 10.2 Å². The van der Waals surface area contributed by atoms with Gasteiger partial charge in [-0.25, -0.2) is 0 Å². The molecule has 0 saturated carbocycles. The summed E-state index contributed by atoms with van der Waals surface area (Å²) in [5.41, 5.74) is 3.19. The molecule has 1 saturated heterocycles. The van der Waals surface area contributed by atoms with Crippen LogP contribution in [0.3, 0.4) is 0 Å². The van der Waals surface area contributed by atoms with Crippen molar-refractivity contribution in [1.29, 1.82) is 0 Å². The number of rotatable bonds is 5. The molecule has 3 rings (SSSR count). The Hall–Kier alpha value is -0.860. The average molecular weight is 272 g/mol. The summed E-state index contributed by atoms with van der Waals surface area (Å²) in [6.07, 6.45) is 6.61. The Balaban J connectivity index is 1.70. The number of piperidine rings is 1. The molecule has 1 aromatic rings. The van der Waals surface area contributed by atoms with Gasteiger partial charge in [0.1, 0.15) is 0 Å². The zero-order chi connectivity index (χ0) is 13.8. The van der Waals surface area contributed by atoms with E-state index < -0.39 is 0 Å². The number of hydrogen-bond acceptors (Lipinski definition) is 2. The molecule has 2 nitrogen and oxygen atoms in total. The summed E-state index contributed by atoms with van der Waals surface area (Å²) in [4.78, 5) is 2.77. The van der Waals surface area contributed by atoms with Gasteiger partial charge in [-0.1, -0.05) is 31.2 Å². The lowest BCUT2D eigenvalue weighted by Gasteiger charge is -2.34. The van der Waals surface area contributed by atoms with Crippen LogP contribution < -0.4 is 5.32 Å². The number of fused-ring (bicyclic) bond motifs is 1. The fraction of sp³-hybridized carbons (Fsp3) is 0.667. The van der Waals surface area contributed by atoms with Crippen LogP contribution in [-0.2, 0) is 6.42 Å². The van der Waals surface area contributed by atoms with Crippen LogP contribution in [0.15, 0.2) is 24.3 Å². The average Bonchev–Trinajstić information content (AvgIpc) is 2.92. The molecule has 20 heavy (non-hydrogen) atoms. The zero-order valence-electron chi connectivity index (χ0n) is 12.8. The molecule has 0 radical (unpaired) electrons. The topological polar surface area (TPSA) is 15.3 Å². The molecule has 0 spiro atoms. The number of aryl methyl sites for hydroxylation is 1. The molecule has 110 valence electrons. The highest BCUT2D eigenvalue weighted by Crippen LogP contribution is 2.36. The van der Waals surface area contributed by atoms with Crippen LogP contribution >= 0.6 is 0 Å². The summed E-state index contributed by atoms with van der Waals surface area (Å²) in [5, 5.41) is 3.57. The first-order valence-corrected chi connectivity index (χ1v) is 8.41. The quantitative estimate of drug-likeness (QED) is 0.884. The zero-order valence-corrected chi connectivity index (χ0v) is 12.8. The minimum absolute atomic E-state index is 0.674. The molecule has 1 aliphatic heterocycles. The predicted octanol–water partition coefficient (Wildman–Crippen LogP) is 3.39. The third-order valence-electron chi connectivity index (χ3n) is 4.94. The highest BCUT2D eigenvalue weighted by Gasteiger charge is 2.28. The Bertz CT molecular complexity index is 423. The van der Waals surface area contributed by atoms with Crippen LogP contribution in [0.5, 0.6) is 0 Å².